The number of rotatable bonds is 6. The minimum absolute atomic E-state index is 0.0980. The van der Waals surface area contributed by atoms with Crippen LogP contribution in [0.4, 0.5) is 0 Å². The lowest BCUT2D eigenvalue weighted by atomic mass is 10.1. The Morgan fingerprint density at radius 3 is 2.65 bits per heavy atom. The van der Waals surface area contributed by atoms with E-state index in [9.17, 15) is 9.90 Å². The molecule has 0 spiro atoms. The zero-order chi connectivity index (χ0) is 18.5. The van der Waals surface area contributed by atoms with Gasteiger partial charge in [-0.1, -0.05) is 6.07 Å². The molecule has 0 radical (unpaired) electrons. The molecule has 0 aliphatic carbocycles. The number of carbonyl (C=O) groups excluding carboxylic acids is 1. The summed E-state index contributed by atoms with van der Waals surface area (Å²) in [6, 6.07) is 7.21. The molecular formula is C19H21N5O2. The topological polar surface area (TPSA) is 91.2 Å². The molecule has 26 heavy (non-hydrogen) atoms. The van der Waals surface area contributed by atoms with Gasteiger partial charge >= 0.3 is 0 Å². The van der Waals surface area contributed by atoms with Gasteiger partial charge in [0.25, 0.3) is 5.91 Å². The maximum Gasteiger partial charge on any atom is 0.289 e. The third-order valence-electron chi connectivity index (χ3n) is 3.94. The molecule has 2 N–H and O–H groups in total. The van der Waals surface area contributed by atoms with Gasteiger partial charge in [0.1, 0.15) is 11.3 Å². The molecular weight excluding hydrogens is 330 g/mol. The van der Waals surface area contributed by atoms with Gasteiger partial charge in [-0.25, -0.2) is 9.97 Å². The number of pyridine rings is 1. The number of hydrogen-bond donors (Lipinski definition) is 2. The van der Waals surface area contributed by atoms with Crippen LogP contribution in [0.2, 0.25) is 0 Å². The minimum Gasteiger partial charge on any atom is -0.506 e. The lowest BCUT2D eigenvalue weighted by molar-refractivity contribution is 0.0942. The van der Waals surface area contributed by atoms with E-state index in [1.54, 1.807) is 24.7 Å². The van der Waals surface area contributed by atoms with Gasteiger partial charge in [0.2, 0.25) is 5.82 Å². The normalized spacial score (nSPS) is 11.0. The molecule has 1 amide bonds. The molecule has 3 aromatic rings. The third kappa shape index (κ3) is 4.12. The second-order valence-electron chi connectivity index (χ2n) is 6.28. The highest BCUT2D eigenvalue weighted by Gasteiger charge is 2.10. The van der Waals surface area contributed by atoms with Crippen molar-refractivity contribution in [3.05, 3.63) is 48.7 Å². The van der Waals surface area contributed by atoms with Crippen LogP contribution in [0.25, 0.3) is 22.0 Å². The number of aromatic nitrogens is 3. The molecule has 134 valence electrons. The van der Waals surface area contributed by atoms with Crippen molar-refractivity contribution in [3.8, 4) is 16.9 Å². The maximum absolute atomic E-state index is 12.1. The molecule has 2 aromatic heterocycles. The van der Waals surface area contributed by atoms with Crippen LogP contribution in [0.5, 0.6) is 5.75 Å². The fourth-order valence-corrected chi connectivity index (χ4v) is 2.61. The number of nitrogens with zero attached hydrogens (tertiary/aromatic N) is 4. The molecule has 0 atom stereocenters. The van der Waals surface area contributed by atoms with E-state index in [1.165, 1.54) is 0 Å². The number of aromatic hydroxyl groups is 1. The predicted molar refractivity (Wildman–Crippen MR) is 99.9 cm³/mol. The summed E-state index contributed by atoms with van der Waals surface area (Å²) in [5, 5.41) is 13.8. The summed E-state index contributed by atoms with van der Waals surface area (Å²) >= 11 is 0. The third-order valence-corrected chi connectivity index (χ3v) is 3.94. The van der Waals surface area contributed by atoms with Crippen molar-refractivity contribution in [2.45, 2.75) is 6.42 Å². The number of hydrogen-bond acceptors (Lipinski definition) is 6. The van der Waals surface area contributed by atoms with Crippen molar-refractivity contribution in [3.63, 3.8) is 0 Å². The Kier molecular flexibility index (Phi) is 5.38. The highest BCUT2D eigenvalue weighted by Crippen LogP contribution is 2.29. The fraction of sp³-hybridized carbons (Fsp3) is 0.263. The van der Waals surface area contributed by atoms with Gasteiger partial charge in [-0.3, -0.25) is 9.78 Å². The molecule has 0 aliphatic heterocycles. The van der Waals surface area contributed by atoms with Crippen molar-refractivity contribution in [2.75, 3.05) is 27.2 Å². The van der Waals surface area contributed by atoms with Crippen molar-refractivity contribution in [2.24, 2.45) is 0 Å². The molecule has 7 nitrogen and oxygen atoms in total. The first-order valence-corrected chi connectivity index (χ1v) is 8.37. The summed E-state index contributed by atoms with van der Waals surface area (Å²) in [4.78, 5) is 26.6. The Bertz CT molecular complexity index is 909. The van der Waals surface area contributed by atoms with E-state index in [-0.39, 0.29) is 17.5 Å². The summed E-state index contributed by atoms with van der Waals surface area (Å²) in [7, 11) is 3.98. The number of amides is 1. The Hall–Kier alpha value is -3.06. The van der Waals surface area contributed by atoms with Crippen LogP contribution in [-0.4, -0.2) is 58.1 Å². The van der Waals surface area contributed by atoms with Crippen LogP contribution in [0.15, 0.2) is 42.9 Å². The van der Waals surface area contributed by atoms with E-state index < -0.39 is 0 Å². The Labute approximate surface area is 151 Å². The zero-order valence-electron chi connectivity index (χ0n) is 14.8. The van der Waals surface area contributed by atoms with Crippen molar-refractivity contribution in [1.82, 2.24) is 25.2 Å². The van der Waals surface area contributed by atoms with Crippen LogP contribution >= 0.6 is 0 Å². The summed E-state index contributed by atoms with van der Waals surface area (Å²) in [6.07, 6.45) is 5.66. The van der Waals surface area contributed by atoms with E-state index in [0.717, 1.165) is 29.5 Å². The van der Waals surface area contributed by atoms with Gasteiger partial charge in [-0.15, -0.1) is 0 Å². The standard InChI is InChI=1S/C19H21N5O2/c1-24(2)8-4-7-21-19(26)18-22-11-15(12-23-18)14-9-13-5-3-6-20-17(13)16(25)10-14/h3,5-6,9-12,25H,4,7-8H2,1-2H3,(H,21,26). The summed E-state index contributed by atoms with van der Waals surface area (Å²) in [6.45, 7) is 1.48. The van der Waals surface area contributed by atoms with Crippen LogP contribution in [-0.2, 0) is 0 Å². The number of carbonyl (C=O) groups is 1. The maximum atomic E-state index is 12.1. The van der Waals surface area contributed by atoms with E-state index in [4.69, 9.17) is 0 Å². The highest BCUT2D eigenvalue weighted by molar-refractivity contribution is 5.91. The molecule has 3 rings (SSSR count). The molecule has 0 aliphatic rings. The summed E-state index contributed by atoms with van der Waals surface area (Å²) in [5.74, 6) is -0.0630. The van der Waals surface area contributed by atoms with Crippen molar-refractivity contribution >= 4 is 16.8 Å². The van der Waals surface area contributed by atoms with Gasteiger partial charge in [0.15, 0.2) is 0 Å². The molecule has 0 bridgehead atoms. The Morgan fingerprint density at radius 1 is 1.15 bits per heavy atom. The van der Waals surface area contributed by atoms with E-state index in [2.05, 4.69) is 25.2 Å². The summed E-state index contributed by atoms with van der Waals surface area (Å²) < 4.78 is 0. The zero-order valence-corrected chi connectivity index (χ0v) is 14.8. The minimum atomic E-state index is -0.291. The van der Waals surface area contributed by atoms with Crippen LogP contribution < -0.4 is 5.32 Å². The van der Waals surface area contributed by atoms with Crippen LogP contribution in [0.3, 0.4) is 0 Å². The highest BCUT2D eigenvalue weighted by atomic mass is 16.3. The first-order valence-electron chi connectivity index (χ1n) is 8.37. The fourth-order valence-electron chi connectivity index (χ4n) is 2.61. The number of fused-ring (bicyclic) bond motifs is 1. The number of phenols is 1. The number of nitrogens with one attached hydrogen (secondary N) is 1. The molecule has 0 fully saturated rings. The number of benzene rings is 1. The van der Waals surface area contributed by atoms with Crippen LogP contribution in [0.1, 0.15) is 17.0 Å². The first kappa shape index (κ1) is 17.8. The quantitative estimate of drug-likeness (QED) is 0.661. The SMILES string of the molecule is CN(C)CCCNC(=O)c1ncc(-c2cc(O)c3ncccc3c2)cn1. The van der Waals surface area contributed by atoms with E-state index in [1.807, 2.05) is 32.3 Å². The first-order chi connectivity index (χ1) is 12.5. The Balaban J connectivity index is 1.72. The van der Waals surface area contributed by atoms with Gasteiger partial charge < -0.3 is 15.3 Å². The second-order valence-corrected chi connectivity index (χ2v) is 6.28. The molecule has 2 heterocycles. The van der Waals surface area contributed by atoms with E-state index >= 15 is 0 Å². The van der Waals surface area contributed by atoms with E-state index in [0.29, 0.717) is 12.1 Å². The molecule has 0 saturated heterocycles. The van der Waals surface area contributed by atoms with Gasteiger partial charge in [-0.2, -0.15) is 0 Å². The average Bonchev–Trinajstić information content (AvgIpc) is 2.65. The lowest BCUT2D eigenvalue weighted by Crippen LogP contribution is -2.28. The largest absolute Gasteiger partial charge is 0.506 e. The smallest absolute Gasteiger partial charge is 0.289 e. The van der Waals surface area contributed by atoms with Gasteiger partial charge in [-0.05, 0) is 50.8 Å². The molecule has 0 saturated carbocycles. The average molecular weight is 351 g/mol. The van der Waals surface area contributed by atoms with Gasteiger partial charge in [0.05, 0.1) is 0 Å². The molecule has 1 aromatic carbocycles. The molecule has 0 unspecified atom stereocenters. The Morgan fingerprint density at radius 2 is 1.92 bits per heavy atom. The van der Waals surface area contributed by atoms with Crippen LogP contribution in [0, 0.1) is 0 Å². The molecule has 7 heteroatoms. The monoisotopic (exact) mass is 351 g/mol. The number of phenolic OH excluding ortho intramolecular Hbond substituents is 1. The van der Waals surface area contributed by atoms with Crippen molar-refractivity contribution < 1.29 is 9.90 Å². The lowest BCUT2D eigenvalue weighted by Gasteiger charge is -2.09. The van der Waals surface area contributed by atoms with Crippen molar-refractivity contribution in [1.29, 1.82) is 0 Å². The van der Waals surface area contributed by atoms with Gasteiger partial charge in [0, 0.05) is 36.1 Å². The second kappa shape index (κ2) is 7.88. The predicted octanol–water partition coefficient (Wildman–Crippen LogP) is 2.08. The summed E-state index contributed by atoms with van der Waals surface area (Å²) in [5.41, 5.74) is 2.03.